The molecule has 1 atom stereocenters. The van der Waals surface area contributed by atoms with Gasteiger partial charge in [-0.1, -0.05) is 12.8 Å². The number of rotatable bonds is 5. The van der Waals surface area contributed by atoms with Crippen LogP contribution >= 0.6 is 22.6 Å². The minimum absolute atomic E-state index is 0.108. The van der Waals surface area contributed by atoms with Crippen molar-refractivity contribution in [2.75, 3.05) is 0 Å². The van der Waals surface area contributed by atoms with Gasteiger partial charge in [-0.15, -0.1) is 0 Å². The number of hydrogen-bond donors (Lipinski definition) is 2. The maximum Gasteiger partial charge on any atom is 0.156 e. The third-order valence-corrected chi connectivity index (χ3v) is 5.98. The Kier molecular flexibility index (Phi) is 4.91. The number of nitrogens with zero attached hydrogens (tertiary/aromatic N) is 5. The van der Waals surface area contributed by atoms with Crippen LogP contribution in [0, 0.1) is 20.8 Å². The first kappa shape index (κ1) is 17.4. The molecule has 8 heteroatoms. The van der Waals surface area contributed by atoms with Gasteiger partial charge in [0.2, 0.25) is 0 Å². The highest BCUT2D eigenvalue weighted by Gasteiger charge is 2.27. The van der Waals surface area contributed by atoms with Gasteiger partial charge in [0.1, 0.15) is 12.3 Å². The number of nitrogens with one attached hydrogen (secondary N) is 1. The molecular weight excluding hydrogens is 443 g/mol. The van der Waals surface area contributed by atoms with Crippen LogP contribution < -0.4 is 0 Å². The molecule has 0 unspecified atom stereocenters. The van der Waals surface area contributed by atoms with E-state index in [-0.39, 0.29) is 12.6 Å². The molecule has 26 heavy (non-hydrogen) atoms. The fourth-order valence-corrected chi connectivity index (χ4v) is 4.54. The van der Waals surface area contributed by atoms with Crippen LogP contribution in [0.5, 0.6) is 0 Å². The van der Waals surface area contributed by atoms with E-state index in [1.807, 2.05) is 17.1 Å². The molecule has 0 spiro atoms. The minimum atomic E-state index is -0.216. The Labute approximate surface area is 164 Å². The highest BCUT2D eigenvalue weighted by molar-refractivity contribution is 14.1. The van der Waals surface area contributed by atoms with E-state index in [0.717, 1.165) is 33.1 Å². The fraction of sp³-hybridized carbons (Fsp3) is 0.444. The molecule has 0 amide bonds. The SMILES string of the molecule is N#CC[C@H](C1CCCC1)n1cc(-c2nc(CO)nc3[nH]cc(I)c23)cn1. The topological polar surface area (TPSA) is 103 Å². The van der Waals surface area contributed by atoms with Crippen molar-refractivity contribution in [2.24, 2.45) is 5.92 Å². The van der Waals surface area contributed by atoms with Gasteiger partial charge in [0.25, 0.3) is 0 Å². The van der Waals surface area contributed by atoms with Crippen LogP contribution in [0.2, 0.25) is 0 Å². The summed E-state index contributed by atoms with van der Waals surface area (Å²) in [7, 11) is 0. The zero-order valence-electron chi connectivity index (χ0n) is 14.2. The Morgan fingerprint density at radius 2 is 2.19 bits per heavy atom. The van der Waals surface area contributed by atoms with Gasteiger partial charge < -0.3 is 10.1 Å². The number of aliphatic hydroxyl groups is 1. The smallest absolute Gasteiger partial charge is 0.156 e. The van der Waals surface area contributed by atoms with Gasteiger partial charge >= 0.3 is 0 Å². The highest BCUT2D eigenvalue weighted by atomic mass is 127. The number of aromatic nitrogens is 5. The first-order chi connectivity index (χ1) is 12.7. The quantitative estimate of drug-likeness (QED) is 0.565. The molecule has 3 heterocycles. The van der Waals surface area contributed by atoms with Crippen molar-refractivity contribution in [1.29, 1.82) is 5.26 Å². The molecule has 0 aliphatic heterocycles. The van der Waals surface area contributed by atoms with Crippen LogP contribution in [-0.4, -0.2) is 29.8 Å². The Hall–Kier alpha value is -1.99. The van der Waals surface area contributed by atoms with E-state index >= 15 is 0 Å². The molecule has 2 N–H and O–H groups in total. The lowest BCUT2D eigenvalue weighted by atomic mass is 9.96. The Balaban J connectivity index is 1.77. The normalized spacial score (nSPS) is 16.2. The highest BCUT2D eigenvalue weighted by Crippen LogP contribution is 2.37. The van der Waals surface area contributed by atoms with Crippen LogP contribution in [0.1, 0.15) is 44.0 Å². The van der Waals surface area contributed by atoms with Crippen molar-refractivity contribution in [2.45, 2.75) is 44.8 Å². The molecule has 3 aromatic rings. The van der Waals surface area contributed by atoms with E-state index in [0.29, 0.717) is 23.8 Å². The van der Waals surface area contributed by atoms with Gasteiger partial charge in [0.15, 0.2) is 5.82 Å². The molecule has 0 aromatic carbocycles. The summed E-state index contributed by atoms with van der Waals surface area (Å²) in [4.78, 5) is 12.0. The summed E-state index contributed by atoms with van der Waals surface area (Å²) in [5, 5.41) is 24.2. The molecule has 3 aromatic heterocycles. The lowest BCUT2D eigenvalue weighted by molar-refractivity contribution is 0.272. The third-order valence-electron chi connectivity index (χ3n) is 5.13. The standard InChI is InChI=1S/C18H19IN6O/c19-13-8-21-18-16(13)17(23-15(10-26)24-18)12-7-22-25(9-12)14(5-6-20)11-3-1-2-4-11/h7-9,11,14,26H,1-5,10H2,(H,21,23,24)/t14-/m1/s1. The lowest BCUT2D eigenvalue weighted by Gasteiger charge is -2.21. The summed E-state index contributed by atoms with van der Waals surface area (Å²) in [5.74, 6) is 0.885. The van der Waals surface area contributed by atoms with Gasteiger partial charge in [-0.2, -0.15) is 10.4 Å². The van der Waals surface area contributed by atoms with Gasteiger partial charge in [-0.05, 0) is 41.4 Å². The molecule has 0 bridgehead atoms. The number of aliphatic hydroxyl groups excluding tert-OH is 1. The molecule has 1 aliphatic rings. The van der Waals surface area contributed by atoms with Crippen molar-refractivity contribution < 1.29 is 5.11 Å². The summed E-state index contributed by atoms with van der Waals surface area (Å²) >= 11 is 2.25. The molecule has 1 fully saturated rings. The summed E-state index contributed by atoms with van der Waals surface area (Å²) in [6.45, 7) is -0.216. The second-order valence-electron chi connectivity index (χ2n) is 6.69. The third kappa shape index (κ3) is 3.10. The van der Waals surface area contributed by atoms with Crippen LogP contribution in [-0.2, 0) is 6.61 Å². The van der Waals surface area contributed by atoms with Gasteiger partial charge in [-0.25, -0.2) is 9.97 Å². The first-order valence-electron chi connectivity index (χ1n) is 8.77. The average molecular weight is 462 g/mol. The molecule has 1 saturated carbocycles. The predicted octanol–water partition coefficient (Wildman–Crippen LogP) is 3.56. The molecule has 0 radical (unpaired) electrons. The molecule has 4 rings (SSSR count). The monoisotopic (exact) mass is 462 g/mol. The van der Waals surface area contributed by atoms with Crippen LogP contribution in [0.25, 0.3) is 22.3 Å². The number of aromatic amines is 1. The maximum absolute atomic E-state index is 9.48. The summed E-state index contributed by atoms with van der Waals surface area (Å²) in [5.41, 5.74) is 2.35. The van der Waals surface area contributed by atoms with Gasteiger partial charge in [0.05, 0.1) is 35.8 Å². The zero-order valence-corrected chi connectivity index (χ0v) is 16.3. The minimum Gasteiger partial charge on any atom is -0.388 e. The first-order valence-corrected chi connectivity index (χ1v) is 9.85. The second kappa shape index (κ2) is 7.32. The zero-order chi connectivity index (χ0) is 18.1. The fourth-order valence-electron chi connectivity index (χ4n) is 3.87. The lowest BCUT2D eigenvalue weighted by Crippen LogP contribution is -2.17. The molecule has 1 aliphatic carbocycles. The van der Waals surface area contributed by atoms with E-state index in [1.54, 1.807) is 6.20 Å². The molecule has 7 nitrogen and oxygen atoms in total. The van der Waals surface area contributed by atoms with E-state index < -0.39 is 0 Å². The maximum atomic E-state index is 9.48. The van der Waals surface area contributed by atoms with Gasteiger partial charge in [-0.3, -0.25) is 4.68 Å². The van der Waals surface area contributed by atoms with Crippen molar-refractivity contribution in [3.05, 3.63) is 28.0 Å². The Bertz CT molecular complexity index is 966. The Morgan fingerprint density at radius 1 is 1.38 bits per heavy atom. The molecular formula is C18H19IN6O. The van der Waals surface area contributed by atoms with Crippen molar-refractivity contribution in [3.8, 4) is 17.3 Å². The largest absolute Gasteiger partial charge is 0.388 e. The van der Waals surface area contributed by atoms with E-state index in [1.165, 1.54) is 12.8 Å². The average Bonchev–Trinajstić information content (AvgIpc) is 3.40. The van der Waals surface area contributed by atoms with Crippen LogP contribution in [0.4, 0.5) is 0 Å². The van der Waals surface area contributed by atoms with Crippen molar-refractivity contribution in [1.82, 2.24) is 24.7 Å². The van der Waals surface area contributed by atoms with Crippen LogP contribution in [0.15, 0.2) is 18.6 Å². The number of H-pyrrole nitrogens is 1. The summed E-state index contributed by atoms with van der Waals surface area (Å²) in [6.07, 6.45) is 10.9. The number of hydrogen-bond acceptors (Lipinski definition) is 5. The van der Waals surface area contributed by atoms with E-state index in [9.17, 15) is 10.4 Å². The predicted molar refractivity (Wildman–Crippen MR) is 105 cm³/mol. The van der Waals surface area contributed by atoms with Crippen molar-refractivity contribution >= 4 is 33.6 Å². The number of nitriles is 1. The second-order valence-corrected chi connectivity index (χ2v) is 7.85. The number of halogens is 1. The van der Waals surface area contributed by atoms with Gasteiger partial charge in [0, 0.05) is 21.5 Å². The van der Waals surface area contributed by atoms with Crippen LogP contribution in [0.3, 0.4) is 0 Å². The Morgan fingerprint density at radius 3 is 2.92 bits per heavy atom. The van der Waals surface area contributed by atoms with E-state index in [4.69, 9.17) is 0 Å². The number of fused-ring (bicyclic) bond motifs is 1. The van der Waals surface area contributed by atoms with E-state index in [2.05, 4.69) is 48.7 Å². The summed E-state index contributed by atoms with van der Waals surface area (Å²) < 4.78 is 2.95. The molecule has 134 valence electrons. The van der Waals surface area contributed by atoms with Crippen molar-refractivity contribution in [3.63, 3.8) is 0 Å². The summed E-state index contributed by atoms with van der Waals surface area (Å²) in [6, 6.07) is 2.43. The molecule has 0 saturated heterocycles.